The van der Waals surface area contributed by atoms with E-state index < -0.39 is 5.60 Å². The molecule has 2 rings (SSSR count). The molecular weight excluding hydrogens is 260 g/mol. The summed E-state index contributed by atoms with van der Waals surface area (Å²) < 4.78 is 1.55. The standard InChI is InChI=1S/C13H22N4O3/c1-5-6-13(18)7-16(8-13)12-11(17(19)20)10(9(2)3)14-15(12)4/h9,18H,5-8H2,1-4H3. The molecule has 0 unspecified atom stereocenters. The Morgan fingerprint density at radius 1 is 1.50 bits per heavy atom. The van der Waals surface area contributed by atoms with Crippen molar-refractivity contribution in [2.75, 3.05) is 18.0 Å². The maximum absolute atomic E-state index is 11.4. The van der Waals surface area contributed by atoms with Crippen LogP contribution in [0.1, 0.15) is 45.2 Å². The smallest absolute Gasteiger partial charge is 0.334 e. The Kier molecular flexibility index (Phi) is 3.73. The predicted molar refractivity (Wildman–Crippen MR) is 76.0 cm³/mol. The summed E-state index contributed by atoms with van der Waals surface area (Å²) in [5.74, 6) is 0.491. The van der Waals surface area contributed by atoms with E-state index in [0.29, 0.717) is 31.0 Å². The molecule has 112 valence electrons. The average molecular weight is 282 g/mol. The van der Waals surface area contributed by atoms with Gasteiger partial charge in [-0.15, -0.1) is 0 Å². The number of β-amino-alcohol motifs (C(OH)–C–C–N with tert-alkyl or cyclic N) is 1. The Morgan fingerprint density at radius 2 is 2.10 bits per heavy atom. The highest BCUT2D eigenvalue weighted by Gasteiger charge is 2.45. The number of hydrogen-bond acceptors (Lipinski definition) is 5. The number of nitro groups is 1. The van der Waals surface area contributed by atoms with Gasteiger partial charge in [-0.3, -0.25) is 10.1 Å². The second-order valence-corrected chi connectivity index (χ2v) is 5.92. The van der Waals surface area contributed by atoms with Gasteiger partial charge in [0.25, 0.3) is 0 Å². The first-order valence-electron chi connectivity index (χ1n) is 6.97. The first kappa shape index (κ1) is 14.8. The molecule has 1 saturated heterocycles. The monoisotopic (exact) mass is 282 g/mol. The van der Waals surface area contributed by atoms with Crippen LogP contribution in [-0.4, -0.2) is 38.5 Å². The molecular formula is C13H22N4O3. The van der Waals surface area contributed by atoms with E-state index >= 15 is 0 Å². The molecule has 0 bridgehead atoms. The van der Waals surface area contributed by atoms with Gasteiger partial charge in [0.2, 0.25) is 5.82 Å². The lowest BCUT2D eigenvalue weighted by molar-refractivity contribution is -0.385. The van der Waals surface area contributed by atoms with E-state index in [9.17, 15) is 15.2 Å². The molecule has 7 heteroatoms. The van der Waals surface area contributed by atoms with Gasteiger partial charge in [-0.1, -0.05) is 27.2 Å². The number of nitrogens with zero attached hydrogens (tertiary/aromatic N) is 4. The highest BCUT2D eigenvalue weighted by atomic mass is 16.6. The van der Waals surface area contributed by atoms with Crippen molar-refractivity contribution < 1.29 is 10.0 Å². The molecule has 0 spiro atoms. The van der Waals surface area contributed by atoms with Crippen molar-refractivity contribution >= 4 is 11.5 Å². The SMILES string of the molecule is CCCC1(O)CN(c2c([N+](=O)[O-])c(C(C)C)nn2C)C1. The number of anilines is 1. The number of aliphatic hydroxyl groups is 1. The Balaban J connectivity index is 2.32. The van der Waals surface area contributed by atoms with Crippen LogP contribution in [0.4, 0.5) is 11.5 Å². The maximum atomic E-state index is 11.4. The second kappa shape index (κ2) is 5.05. The molecule has 1 aliphatic heterocycles. The van der Waals surface area contributed by atoms with Crippen LogP contribution in [0.15, 0.2) is 0 Å². The van der Waals surface area contributed by atoms with Crippen LogP contribution >= 0.6 is 0 Å². The molecule has 0 atom stereocenters. The summed E-state index contributed by atoms with van der Waals surface area (Å²) in [4.78, 5) is 12.8. The molecule has 1 aliphatic rings. The molecule has 0 aromatic carbocycles. The van der Waals surface area contributed by atoms with Crippen LogP contribution in [-0.2, 0) is 7.05 Å². The van der Waals surface area contributed by atoms with Crippen LogP contribution in [0, 0.1) is 10.1 Å². The van der Waals surface area contributed by atoms with Gasteiger partial charge in [-0.05, 0) is 6.42 Å². The van der Waals surface area contributed by atoms with E-state index in [4.69, 9.17) is 0 Å². The van der Waals surface area contributed by atoms with Crippen molar-refractivity contribution in [3.63, 3.8) is 0 Å². The van der Waals surface area contributed by atoms with Crippen molar-refractivity contribution in [2.24, 2.45) is 7.05 Å². The number of aryl methyl sites for hydroxylation is 1. The summed E-state index contributed by atoms with van der Waals surface area (Å²) in [5, 5.41) is 25.9. The van der Waals surface area contributed by atoms with Crippen molar-refractivity contribution in [2.45, 2.75) is 45.1 Å². The molecule has 0 amide bonds. The molecule has 0 radical (unpaired) electrons. The molecule has 1 N–H and O–H groups in total. The molecule has 2 heterocycles. The summed E-state index contributed by atoms with van der Waals surface area (Å²) in [6.07, 6.45) is 1.61. The summed E-state index contributed by atoms with van der Waals surface area (Å²) in [7, 11) is 1.71. The summed E-state index contributed by atoms with van der Waals surface area (Å²) in [6.45, 7) is 6.66. The third kappa shape index (κ3) is 2.37. The zero-order chi connectivity index (χ0) is 15.1. The lowest BCUT2D eigenvalue weighted by atomic mass is 9.89. The number of aromatic nitrogens is 2. The van der Waals surface area contributed by atoms with Gasteiger partial charge < -0.3 is 10.0 Å². The zero-order valence-electron chi connectivity index (χ0n) is 12.5. The van der Waals surface area contributed by atoms with Gasteiger partial charge in [-0.2, -0.15) is 5.10 Å². The van der Waals surface area contributed by atoms with Crippen LogP contribution < -0.4 is 4.90 Å². The lowest BCUT2D eigenvalue weighted by Crippen LogP contribution is -2.62. The van der Waals surface area contributed by atoms with Gasteiger partial charge in [0.15, 0.2) is 0 Å². The van der Waals surface area contributed by atoms with Crippen molar-refractivity contribution in [3.8, 4) is 0 Å². The highest BCUT2D eigenvalue weighted by molar-refractivity contribution is 5.64. The molecule has 20 heavy (non-hydrogen) atoms. The van der Waals surface area contributed by atoms with Crippen LogP contribution in [0.2, 0.25) is 0 Å². The van der Waals surface area contributed by atoms with Crippen molar-refractivity contribution in [1.29, 1.82) is 0 Å². The van der Waals surface area contributed by atoms with E-state index in [1.165, 1.54) is 0 Å². The molecule has 0 aliphatic carbocycles. The van der Waals surface area contributed by atoms with E-state index in [0.717, 1.165) is 6.42 Å². The molecule has 1 fully saturated rings. The first-order valence-corrected chi connectivity index (χ1v) is 6.97. The zero-order valence-corrected chi connectivity index (χ0v) is 12.5. The Hall–Kier alpha value is -1.63. The number of hydrogen-bond donors (Lipinski definition) is 1. The van der Waals surface area contributed by atoms with E-state index in [2.05, 4.69) is 5.10 Å². The lowest BCUT2D eigenvalue weighted by Gasteiger charge is -2.47. The fourth-order valence-electron chi connectivity index (χ4n) is 2.88. The molecule has 1 aromatic heterocycles. The molecule has 7 nitrogen and oxygen atoms in total. The largest absolute Gasteiger partial charge is 0.386 e. The number of rotatable bonds is 5. The summed E-state index contributed by atoms with van der Waals surface area (Å²) in [5.41, 5.74) is -0.148. The predicted octanol–water partition coefficient (Wildman–Crippen LogP) is 1.80. The molecule has 0 saturated carbocycles. The van der Waals surface area contributed by atoms with Gasteiger partial charge in [0.05, 0.1) is 23.6 Å². The third-order valence-corrected chi connectivity index (χ3v) is 3.73. The third-order valence-electron chi connectivity index (χ3n) is 3.73. The molecule has 1 aromatic rings. The summed E-state index contributed by atoms with van der Waals surface area (Å²) in [6, 6.07) is 0. The quantitative estimate of drug-likeness (QED) is 0.657. The first-order chi connectivity index (χ1) is 9.29. The van der Waals surface area contributed by atoms with Gasteiger partial charge in [0, 0.05) is 13.0 Å². The van der Waals surface area contributed by atoms with Crippen LogP contribution in [0.5, 0.6) is 0 Å². The minimum Gasteiger partial charge on any atom is -0.386 e. The summed E-state index contributed by atoms with van der Waals surface area (Å²) >= 11 is 0. The minimum atomic E-state index is -0.717. The van der Waals surface area contributed by atoms with E-state index in [-0.39, 0.29) is 16.5 Å². The van der Waals surface area contributed by atoms with Crippen LogP contribution in [0.3, 0.4) is 0 Å². The van der Waals surface area contributed by atoms with E-state index in [1.54, 1.807) is 11.7 Å². The van der Waals surface area contributed by atoms with Gasteiger partial charge in [-0.25, -0.2) is 4.68 Å². The van der Waals surface area contributed by atoms with E-state index in [1.807, 2.05) is 25.7 Å². The Bertz CT molecular complexity index is 518. The normalized spacial score (nSPS) is 17.4. The topological polar surface area (TPSA) is 84.4 Å². The minimum absolute atomic E-state index is 0.00819. The van der Waals surface area contributed by atoms with Crippen molar-refractivity contribution in [1.82, 2.24) is 9.78 Å². The fourth-order valence-corrected chi connectivity index (χ4v) is 2.88. The Morgan fingerprint density at radius 3 is 2.55 bits per heavy atom. The van der Waals surface area contributed by atoms with Crippen molar-refractivity contribution in [3.05, 3.63) is 15.8 Å². The second-order valence-electron chi connectivity index (χ2n) is 5.92. The fraction of sp³-hybridized carbons (Fsp3) is 0.769. The van der Waals surface area contributed by atoms with Crippen LogP contribution in [0.25, 0.3) is 0 Å². The maximum Gasteiger partial charge on any atom is 0.334 e. The van der Waals surface area contributed by atoms with Gasteiger partial charge in [0.1, 0.15) is 5.69 Å². The Labute approximate surface area is 118 Å². The van der Waals surface area contributed by atoms with Gasteiger partial charge >= 0.3 is 5.69 Å². The average Bonchev–Trinajstić information content (AvgIpc) is 2.64. The highest BCUT2D eigenvalue weighted by Crippen LogP contribution is 2.40.